The summed E-state index contributed by atoms with van der Waals surface area (Å²) in [5, 5.41) is 9.30. The predicted octanol–water partition coefficient (Wildman–Crippen LogP) is 2.36. The number of hydrogen-bond acceptors (Lipinski definition) is 3. The Morgan fingerprint density at radius 1 is 1.13 bits per heavy atom. The van der Waals surface area contributed by atoms with E-state index in [9.17, 15) is 18.3 Å². The van der Waals surface area contributed by atoms with Crippen LogP contribution in [0.2, 0.25) is 0 Å². The monoisotopic (exact) mass is 440 g/mol. The van der Waals surface area contributed by atoms with Gasteiger partial charge in [0.15, 0.2) is 0 Å². The lowest BCUT2D eigenvalue weighted by Gasteiger charge is -2.38. The third-order valence-electron chi connectivity index (χ3n) is 5.76. The molecule has 0 aromatic heterocycles. The van der Waals surface area contributed by atoms with E-state index in [0.717, 1.165) is 30.7 Å². The Kier molecular flexibility index (Phi) is 9.58. The van der Waals surface area contributed by atoms with E-state index < -0.39 is 21.7 Å². The molecule has 7 nitrogen and oxygen atoms in total. The van der Waals surface area contributed by atoms with Crippen LogP contribution in [0, 0.1) is 0 Å². The smallest absolute Gasteiger partial charge is 0.305 e. The van der Waals surface area contributed by atoms with Crippen molar-refractivity contribution in [3.05, 3.63) is 29.8 Å². The van der Waals surface area contributed by atoms with Crippen LogP contribution in [0.15, 0.2) is 24.3 Å². The zero-order valence-corrected chi connectivity index (χ0v) is 19.2. The predicted molar refractivity (Wildman–Crippen MR) is 120 cm³/mol. The topological polar surface area (TPSA) is 99.9 Å². The number of unbranched alkanes of at least 4 members (excludes halogenated alkanes) is 5. The van der Waals surface area contributed by atoms with Crippen molar-refractivity contribution in [3.63, 3.8) is 0 Å². The zero-order valence-electron chi connectivity index (χ0n) is 18.4. The number of aliphatic carboxylic acids is 1. The molecule has 0 saturated carbocycles. The van der Waals surface area contributed by atoms with Crippen LogP contribution in [-0.2, 0) is 21.4 Å². The number of aryl methyl sites for hydroxylation is 1. The van der Waals surface area contributed by atoms with Crippen molar-refractivity contribution in [1.82, 2.24) is 4.72 Å². The van der Waals surface area contributed by atoms with Gasteiger partial charge < -0.3 is 10.0 Å². The van der Waals surface area contributed by atoms with E-state index in [4.69, 9.17) is 0 Å². The zero-order chi connectivity index (χ0) is 22.0. The van der Waals surface area contributed by atoms with E-state index in [-0.39, 0.29) is 6.42 Å². The van der Waals surface area contributed by atoms with Crippen molar-refractivity contribution in [3.8, 4) is 0 Å². The number of likely N-dealkylation sites (tertiary alicyclic amines) is 1. The Labute approximate surface area is 181 Å². The van der Waals surface area contributed by atoms with Crippen molar-refractivity contribution in [2.45, 2.75) is 76.7 Å². The quantitative estimate of drug-likeness (QED) is 0.354. The van der Waals surface area contributed by atoms with Gasteiger partial charge in [0.05, 0.1) is 32.1 Å². The van der Waals surface area contributed by atoms with Crippen LogP contribution in [0.1, 0.15) is 70.3 Å². The molecule has 1 heterocycles. The molecule has 0 bridgehead atoms. The number of carboxylic acid groups (broad SMARTS) is 1. The van der Waals surface area contributed by atoms with Crippen LogP contribution >= 0.6 is 0 Å². The second kappa shape index (κ2) is 11.7. The van der Waals surface area contributed by atoms with E-state index in [1.165, 1.54) is 37.7 Å². The summed E-state index contributed by atoms with van der Waals surface area (Å²) in [7, 11) is -1.92. The van der Waals surface area contributed by atoms with Crippen molar-refractivity contribution in [1.29, 1.82) is 0 Å². The van der Waals surface area contributed by atoms with Gasteiger partial charge in [-0.2, -0.15) is 13.1 Å². The molecule has 8 heteroatoms. The summed E-state index contributed by atoms with van der Waals surface area (Å²) in [4.78, 5) is 12.5. The maximum absolute atomic E-state index is 12.7. The normalized spacial score (nSPS) is 22.0. The Morgan fingerprint density at radius 2 is 1.80 bits per heavy atom. The second-order valence-corrected chi connectivity index (χ2v) is 10.2. The van der Waals surface area contributed by atoms with Crippen LogP contribution in [0.3, 0.4) is 0 Å². The lowest BCUT2D eigenvalue weighted by Crippen LogP contribution is -3.13. The molecule has 2 unspecified atom stereocenters. The van der Waals surface area contributed by atoms with Gasteiger partial charge in [-0.05, 0) is 43.4 Å². The van der Waals surface area contributed by atoms with Gasteiger partial charge in [-0.15, -0.1) is 0 Å². The molecule has 1 aromatic rings. The fraction of sp³-hybridized carbons (Fsp3) is 0.682. The number of piperidine rings is 1. The first kappa shape index (κ1) is 24.6. The van der Waals surface area contributed by atoms with Crippen molar-refractivity contribution < 1.29 is 23.2 Å². The van der Waals surface area contributed by atoms with E-state index in [2.05, 4.69) is 16.4 Å². The highest BCUT2D eigenvalue weighted by molar-refractivity contribution is 7.90. The van der Waals surface area contributed by atoms with Crippen molar-refractivity contribution in [2.24, 2.45) is 0 Å². The van der Waals surface area contributed by atoms with E-state index in [1.54, 1.807) is 12.1 Å². The number of anilines is 1. The van der Waals surface area contributed by atoms with E-state index >= 15 is 0 Å². The van der Waals surface area contributed by atoms with Gasteiger partial charge >= 0.3 is 5.97 Å². The number of hydrogen-bond donors (Lipinski definition) is 4. The molecule has 2 rings (SSSR count). The van der Waals surface area contributed by atoms with Gasteiger partial charge in [0, 0.05) is 5.69 Å². The summed E-state index contributed by atoms with van der Waals surface area (Å²) in [5.74, 6) is -0.994. The summed E-state index contributed by atoms with van der Waals surface area (Å²) in [6.07, 6.45) is 9.57. The summed E-state index contributed by atoms with van der Waals surface area (Å²) in [6, 6.07) is 7.45. The second-order valence-electron chi connectivity index (χ2n) is 8.76. The lowest BCUT2D eigenvalue weighted by atomic mass is 9.87. The molecule has 0 aliphatic carbocycles. The Balaban J connectivity index is 1.91. The number of likely N-dealkylation sites (N-methyl/N-ethyl adjacent to an activating group) is 1. The highest BCUT2D eigenvalue weighted by atomic mass is 32.2. The van der Waals surface area contributed by atoms with Gasteiger partial charge in [0.1, 0.15) is 0 Å². The fourth-order valence-electron chi connectivity index (χ4n) is 4.36. The maximum atomic E-state index is 12.7. The number of nitrogens with one attached hydrogen (secondary N) is 3. The highest BCUT2D eigenvalue weighted by Gasteiger charge is 2.42. The SMILES string of the molecule is CCCCCCCCc1ccc(NS(=O)(=O)NC2(CC(=O)O)CCC[NH+](C)C2)cc1. The summed E-state index contributed by atoms with van der Waals surface area (Å²) < 4.78 is 30.6. The minimum absolute atomic E-state index is 0.220. The summed E-state index contributed by atoms with van der Waals surface area (Å²) in [6.45, 7) is 3.58. The molecule has 0 radical (unpaired) electrons. The van der Waals surface area contributed by atoms with Crippen LogP contribution < -0.4 is 14.3 Å². The standard InChI is InChI=1S/C22H37N3O4S/c1-3-4-5-6-7-8-10-19-11-13-20(14-12-19)23-30(28,29)24-22(17-21(26)27)15-9-16-25(2)18-22/h11-14,23-24H,3-10,15-18H2,1-2H3,(H,26,27)/p+1. The molecule has 30 heavy (non-hydrogen) atoms. The van der Waals surface area contributed by atoms with Crippen LogP contribution in [0.25, 0.3) is 0 Å². The number of rotatable bonds is 13. The molecule has 1 aliphatic rings. The lowest BCUT2D eigenvalue weighted by molar-refractivity contribution is -0.889. The Morgan fingerprint density at radius 3 is 2.43 bits per heavy atom. The molecule has 2 atom stereocenters. The van der Waals surface area contributed by atoms with Gasteiger partial charge in [0.25, 0.3) is 10.2 Å². The molecule has 1 aliphatic heterocycles. The molecule has 170 valence electrons. The Bertz CT molecular complexity index is 767. The third-order valence-corrected chi connectivity index (χ3v) is 6.97. The van der Waals surface area contributed by atoms with Crippen LogP contribution in [-0.4, -0.2) is 45.2 Å². The molecular formula is C22H38N3O4S+. The minimum Gasteiger partial charge on any atom is -0.481 e. The fourth-order valence-corrected chi connectivity index (χ4v) is 5.68. The maximum Gasteiger partial charge on any atom is 0.305 e. The number of benzene rings is 1. The molecule has 1 fully saturated rings. The molecule has 4 N–H and O–H groups in total. The van der Waals surface area contributed by atoms with E-state index in [0.29, 0.717) is 18.7 Å². The first-order chi connectivity index (χ1) is 14.2. The molecule has 1 aromatic carbocycles. The first-order valence-electron chi connectivity index (χ1n) is 11.2. The molecule has 1 saturated heterocycles. The van der Waals surface area contributed by atoms with Gasteiger partial charge in [-0.3, -0.25) is 9.52 Å². The minimum atomic E-state index is -3.88. The summed E-state index contributed by atoms with van der Waals surface area (Å²) in [5.41, 5.74) is 0.718. The van der Waals surface area contributed by atoms with Crippen LogP contribution in [0.4, 0.5) is 5.69 Å². The van der Waals surface area contributed by atoms with Crippen molar-refractivity contribution in [2.75, 3.05) is 24.9 Å². The average Bonchev–Trinajstić information content (AvgIpc) is 2.64. The van der Waals surface area contributed by atoms with Gasteiger partial charge in [-0.1, -0.05) is 51.2 Å². The van der Waals surface area contributed by atoms with Crippen molar-refractivity contribution >= 4 is 21.9 Å². The van der Waals surface area contributed by atoms with Crippen LogP contribution in [0.5, 0.6) is 0 Å². The Hall–Kier alpha value is -1.64. The first-order valence-corrected chi connectivity index (χ1v) is 12.7. The van der Waals surface area contributed by atoms with Gasteiger partial charge in [0.2, 0.25) is 0 Å². The molecular weight excluding hydrogens is 402 g/mol. The molecule has 0 amide bonds. The number of quaternary nitrogens is 1. The number of carboxylic acids is 1. The average molecular weight is 441 g/mol. The van der Waals surface area contributed by atoms with Gasteiger partial charge in [-0.25, -0.2) is 0 Å². The number of carbonyl (C=O) groups is 1. The summed E-state index contributed by atoms with van der Waals surface area (Å²) >= 11 is 0. The third kappa shape index (κ3) is 8.62. The largest absolute Gasteiger partial charge is 0.481 e. The van der Waals surface area contributed by atoms with E-state index in [1.807, 2.05) is 19.2 Å². The highest BCUT2D eigenvalue weighted by Crippen LogP contribution is 2.21. The molecule has 0 spiro atoms.